The second-order valence-electron chi connectivity index (χ2n) is 13.7. The van der Waals surface area contributed by atoms with Crippen molar-refractivity contribution in [2.45, 2.75) is 0 Å². The van der Waals surface area contributed by atoms with Crippen LogP contribution >= 0.6 is 0 Å². The van der Waals surface area contributed by atoms with Crippen LogP contribution in [0.1, 0.15) is 0 Å². The van der Waals surface area contributed by atoms with E-state index in [0.717, 1.165) is 39.0 Å². The molecule has 10 aromatic rings. The van der Waals surface area contributed by atoms with Gasteiger partial charge in [0.25, 0.3) is 0 Å². The summed E-state index contributed by atoms with van der Waals surface area (Å²) in [5.74, 6) is 0. The minimum atomic E-state index is 0.859. The molecule has 0 aliphatic heterocycles. The number of para-hydroxylation sites is 2. The first-order chi connectivity index (χ1) is 26.8. The summed E-state index contributed by atoms with van der Waals surface area (Å²) in [5, 5.41) is 4.67. The van der Waals surface area contributed by atoms with Crippen molar-refractivity contribution < 1.29 is 4.42 Å². The number of furan rings is 1. The lowest BCUT2D eigenvalue weighted by Gasteiger charge is -2.27. The van der Waals surface area contributed by atoms with Crippen molar-refractivity contribution in [1.29, 1.82) is 0 Å². The van der Waals surface area contributed by atoms with Gasteiger partial charge in [0.2, 0.25) is 0 Å². The van der Waals surface area contributed by atoms with E-state index in [0.29, 0.717) is 0 Å². The smallest absolute Gasteiger partial charge is 0.159 e. The molecule has 0 spiro atoms. The van der Waals surface area contributed by atoms with Crippen LogP contribution in [-0.4, -0.2) is 0 Å². The predicted molar refractivity (Wildman–Crippen MR) is 228 cm³/mol. The van der Waals surface area contributed by atoms with E-state index in [-0.39, 0.29) is 0 Å². The number of hydrogen-bond donors (Lipinski definition) is 0. The van der Waals surface area contributed by atoms with Gasteiger partial charge in [0, 0.05) is 22.1 Å². The second-order valence-corrected chi connectivity index (χ2v) is 13.7. The summed E-state index contributed by atoms with van der Waals surface area (Å²) in [5.41, 5.74) is 14.3. The zero-order valence-corrected chi connectivity index (χ0v) is 29.6. The van der Waals surface area contributed by atoms with Crippen LogP contribution in [0.25, 0.3) is 77.2 Å². The molecular formula is C52H35NO. The average molecular weight is 690 g/mol. The lowest BCUT2D eigenvalue weighted by Crippen LogP contribution is -2.10. The summed E-state index contributed by atoms with van der Waals surface area (Å²) in [6.45, 7) is 0. The number of anilines is 3. The van der Waals surface area contributed by atoms with Crippen molar-refractivity contribution in [2.75, 3.05) is 4.90 Å². The van der Waals surface area contributed by atoms with Crippen molar-refractivity contribution >= 4 is 49.8 Å². The van der Waals surface area contributed by atoms with Crippen molar-refractivity contribution in [3.05, 3.63) is 212 Å². The molecule has 0 unspecified atom stereocenters. The summed E-state index contributed by atoms with van der Waals surface area (Å²) in [4.78, 5) is 2.34. The third-order valence-electron chi connectivity index (χ3n) is 10.5. The molecule has 0 saturated carbocycles. The Bertz CT molecular complexity index is 2910. The predicted octanol–water partition coefficient (Wildman–Crippen LogP) is 14.9. The van der Waals surface area contributed by atoms with E-state index in [2.05, 4.69) is 205 Å². The average Bonchev–Trinajstić information content (AvgIpc) is 3.64. The topological polar surface area (TPSA) is 16.4 Å². The van der Waals surface area contributed by atoms with Crippen LogP contribution in [0.3, 0.4) is 0 Å². The first kappa shape index (κ1) is 31.6. The summed E-state index contributed by atoms with van der Waals surface area (Å²) >= 11 is 0. The SMILES string of the molecule is c1ccc(-c2cc(-c3ccc(N(c4ccc(-c5ccccc5)c(-c5ccccc5)c4)c4cccc5c4oc4ccccc45)cc3)c3ccccc3c2)cc1. The highest BCUT2D eigenvalue weighted by Gasteiger charge is 2.21. The summed E-state index contributed by atoms with van der Waals surface area (Å²) in [7, 11) is 0. The molecule has 0 saturated heterocycles. The summed E-state index contributed by atoms with van der Waals surface area (Å²) in [6.07, 6.45) is 0. The molecule has 0 amide bonds. The fourth-order valence-electron chi connectivity index (χ4n) is 7.87. The highest BCUT2D eigenvalue weighted by atomic mass is 16.3. The van der Waals surface area contributed by atoms with Crippen LogP contribution in [0.2, 0.25) is 0 Å². The van der Waals surface area contributed by atoms with Gasteiger partial charge in [-0.25, -0.2) is 0 Å². The van der Waals surface area contributed by atoms with Crippen molar-refractivity contribution in [1.82, 2.24) is 0 Å². The highest BCUT2D eigenvalue weighted by molar-refractivity contribution is 6.10. The Morgan fingerprint density at radius 1 is 0.315 bits per heavy atom. The molecule has 54 heavy (non-hydrogen) atoms. The molecular weight excluding hydrogens is 655 g/mol. The van der Waals surface area contributed by atoms with Gasteiger partial charge in [0.1, 0.15) is 5.58 Å². The Morgan fingerprint density at radius 2 is 0.889 bits per heavy atom. The Hall–Kier alpha value is -7.16. The molecule has 0 bridgehead atoms. The molecule has 0 atom stereocenters. The van der Waals surface area contributed by atoms with Crippen LogP contribution in [0.15, 0.2) is 217 Å². The Morgan fingerprint density at radius 3 is 1.63 bits per heavy atom. The van der Waals surface area contributed by atoms with Gasteiger partial charge in [-0.15, -0.1) is 0 Å². The molecule has 10 rings (SSSR count). The Balaban J connectivity index is 1.17. The maximum Gasteiger partial charge on any atom is 0.159 e. The molecule has 2 heteroatoms. The number of hydrogen-bond acceptors (Lipinski definition) is 2. The Kier molecular flexibility index (Phi) is 7.85. The van der Waals surface area contributed by atoms with Gasteiger partial charge in [0.15, 0.2) is 5.58 Å². The van der Waals surface area contributed by atoms with Crippen LogP contribution in [0.4, 0.5) is 17.1 Å². The third-order valence-corrected chi connectivity index (χ3v) is 10.5. The van der Waals surface area contributed by atoms with Crippen molar-refractivity contribution in [3.63, 3.8) is 0 Å². The van der Waals surface area contributed by atoms with E-state index in [1.54, 1.807) is 0 Å². The minimum Gasteiger partial charge on any atom is -0.454 e. The van der Waals surface area contributed by atoms with E-state index in [4.69, 9.17) is 4.42 Å². The maximum absolute atomic E-state index is 6.67. The number of rotatable bonds is 7. The fourth-order valence-corrected chi connectivity index (χ4v) is 7.87. The fraction of sp³-hybridized carbons (Fsp3) is 0. The minimum absolute atomic E-state index is 0.859. The molecule has 0 aliphatic carbocycles. The third kappa shape index (κ3) is 5.62. The molecule has 2 nitrogen and oxygen atoms in total. The van der Waals surface area contributed by atoms with E-state index < -0.39 is 0 Å². The molecule has 0 aliphatic rings. The van der Waals surface area contributed by atoms with Gasteiger partial charge in [-0.1, -0.05) is 164 Å². The highest BCUT2D eigenvalue weighted by Crippen LogP contribution is 2.45. The molecule has 0 radical (unpaired) electrons. The summed E-state index contributed by atoms with van der Waals surface area (Å²) in [6, 6.07) is 75.8. The van der Waals surface area contributed by atoms with E-state index in [1.165, 1.54) is 55.3 Å². The zero-order valence-electron chi connectivity index (χ0n) is 29.6. The monoisotopic (exact) mass is 689 g/mol. The quantitative estimate of drug-likeness (QED) is 0.166. The van der Waals surface area contributed by atoms with Crippen molar-refractivity contribution in [3.8, 4) is 44.5 Å². The van der Waals surface area contributed by atoms with Crippen molar-refractivity contribution in [2.24, 2.45) is 0 Å². The van der Waals surface area contributed by atoms with Gasteiger partial charge in [-0.3, -0.25) is 0 Å². The first-order valence-corrected chi connectivity index (χ1v) is 18.4. The standard InChI is InChI=1S/C52H35NO/c1-4-15-36(16-5-1)41-33-40-21-10-11-22-44(40)48(34-41)39-27-29-42(30-28-39)53(50-25-14-24-47-46-23-12-13-26-51(46)54-52(47)50)43-31-32-45(37-17-6-2-7-18-37)49(35-43)38-19-8-3-9-20-38/h1-35H. The molecule has 9 aromatic carbocycles. The number of benzene rings is 9. The lowest BCUT2D eigenvalue weighted by molar-refractivity contribution is 0.669. The van der Waals surface area contributed by atoms with Gasteiger partial charge in [0.05, 0.1) is 5.69 Å². The van der Waals surface area contributed by atoms with E-state index >= 15 is 0 Å². The normalized spacial score (nSPS) is 11.3. The lowest BCUT2D eigenvalue weighted by atomic mass is 9.92. The molecule has 1 aromatic heterocycles. The number of nitrogens with zero attached hydrogens (tertiary/aromatic N) is 1. The maximum atomic E-state index is 6.67. The van der Waals surface area contributed by atoms with Gasteiger partial charge in [-0.2, -0.15) is 0 Å². The summed E-state index contributed by atoms with van der Waals surface area (Å²) < 4.78 is 6.67. The zero-order chi connectivity index (χ0) is 35.8. The van der Waals surface area contributed by atoms with Crippen LogP contribution in [-0.2, 0) is 0 Å². The first-order valence-electron chi connectivity index (χ1n) is 18.4. The number of fused-ring (bicyclic) bond motifs is 4. The van der Waals surface area contributed by atoms with Gasteiger partial charge < -0.3 is 9.32 Å². The van der Waals surface area contributed by atoms with E-state index in [9.17, 15) is 0 Å². The largest absolute Gasteiger partial charge is 0.454 e. The second kappa shape index (κ2) is 13.4. The van der Waals surface area contributed by atoms with E-state index in [1.807, 2.05) is 12.1 Å². The van der Waals surface area contributed by atoms with Crippen LogP contribution < -0.4 is 4.90 Å². The molecule has 0 fully saturated rings. The molecule has 0 N–H and O–H groups in total. The van der Waals surface area contributed by atoms with Crippen LogP contribution in [0.5, 0.6) is 0 Å². The van der Waals surface area contributed by atoms with Crippen LogP contribution in [0, 0.1) is 0 Å². The van der Waals surface area contributed by atoms with Gasteiger partial charge in [-0.05, 0) is 104 Å². The van der Waals surface area contributed by atoms with Gasteiger partial charge >= 0.3 is 0 Å². The molecule has 1 heterocycles. The molecule has 254 valence electrons. The Labute approximate surface area is 314 Å².